The van der Waals surface area contributed by atoms with Crippen molar-refractivity contribution >= 4 is 32.6 Å². The summed E-state index contributed by atoms with van der Waals surface area (Å²) in [6.45, 7) is 7.12. The largest absolute Gasteiger partial charge is 0.379 e. The van der Waals surface area contributed by atoms with Crippen LogP contribution in [0.5, 0.6) is 0 Å². The smallest absolute Gasteiger partial charge is 0.278 e. The van der Waals surface area contributed by atoms with Gasteiger partial charge in [0.25, 0.3) is 5.91 Å². The molecule has 2 aromatic heterocycles. The van der Waals surface area contributed by atoms with Crippen LogP contribution < -0.4 is 4.90 Å². The molecular formula is C20H25N5O2S. The second-order valence-electron chi connectivity index (χ2n) is 7.07. The first-order chi connectivity index (χ1) is 13.6. The maximum Gasteiger partial charge on any atom is 0.278 e. The van der Waals surface area contributed by atoms with Crippen molar-refractivity contribution in [2.45, 2.75) is 13.3 Å². The van der Waals surface area contributed by atoms with Gasteiger partial charge in [-0.1, -0.05) is 17.4 Å². The summed E-state index contributed by atoms with van der Waals surface area (Å²) in [6.07, 6.45) is 2.54. The average molecular weight is 400 g/mol. The Hall–Kier alpha value is -2.29. The fourth-order valence-electron chi connectivity index (χ4n) is 3.42. The second-order valence-corrected chi connectivity index (χ2v) is 8.08. The molecule has 0 spiro atoms. The van der Waals surface area contributed by atoms with Crippen molar-refractivity contribution in [1.82, 2.24) is 19.7 Å². The van der Waals surface area contributed by atoms with Crippen LogP contribution in [0.2, 0.25) is 0 Å². The van der Waals surface area contributed by atoms with Gasteiger partial charge in [-0.2, -0.15) is 5.10 Å². The average Bonchev–Trinajstić information content (AvgIpc) is 3.31. The van der Waals surface area contributed by atoms with E-state index in [9.17, 15) is 4.79 Å². The van der Waals surface area contributed by atoms with Gasteiger partial charge in [-0.15, -0.1) is 0 Å². The van der Waals surface area contributed by atoms with Crippen LogP contribution in [0.25, 0.3) is 10.2 Å². The van der Waals surface area contributed by atoms with E-state index in [-0.39, 0.29) is 5.91 Å². The van der Waals surface area contributed by atoms with Crippen LogP contribution in [0, 0.1) is 6.92 Å². The molecule has 1 amide bonds. The van der Waals surface area contributed by atoms with E-state index >= 15 is 0 Å². The molecule has 1 saturated heterocycles. The summed E-state index contributed by atoms with van der Waals surface area (Å²) in [4.78, 5) is 22.2. The minimum Gasteiger partial charge on any atom is -0.379 e. The number of morpholine rings is 1. The molecule has 1 fully saturated rings. The summed E-state index contributed by atoms with van der Waals surface area (Å²) in [5, 5.41) is 4.90. The van der Waals surface area contributed by atoms with Gasteiger partial charge in [0.05, 0.1) is 23.4 Å². The number of ether oxygens (including phenoxy) is 1. The van der Waals surface area contributed by atoms with E-state index in [1.165, 1.54) is 5.56 Å². The lowest BCUT2D eigenvalue weighted by Crippen LogP contribution is -2.39. The van der Waals surface area contributed by atoms with Crippen LogP contribution in [0.3, 0.4) is 0 Å². The Morgan fingerprint density at radius 3 is 2.86 bits per heavy atom. The van der Waals surface area contributed by atoms with Gasteiger partial charge in [-0.05, 0) is 37.1 Å². The number of aromatic nitrogens is 3. The molecular weight excluding hydrogens is 374 g/mol. The van der Waals surface area contributed by atoms with Gasteiger partial charge in [0.1, 0.15) is 5.69 Å². The lowest BCUT2D eigenvalue weighted by atomic mass is 10.2. The van der Waals surface area contributed by atoms with E-state index in [1.807, 2.05) is 6.07 Å². The first kappa shape index (κ1) is 19.0. The molecule has 0 saturated carbocycles. The van der Waals surface area contributed by atoms with Gasteiger partial charge in [0.2, 0.25) is 0 Å². The molecule has 0 N–H and O–H groups in total. The first-order valence-corrected chi connectivity index (χ1v) is 10.4. The van der Waals surface area contributed by atoms with Gasteiger partial charge in [-0.25, -0.2) is 4.98 Å². The van der Waals surface area contributed by atoms with Crippen LogP contribution in [0.4, 0.5) is 5.13 Å². The molecule has 3 heterocycles. The Morgan fingerprint density at radius 2 is 2.11 bits per heavy atom. The minimum atomic E-state index is -0.0576. The predicted octanol–water partition coefficient (Wildman–Crippen LogP) is 2.71. The first-order valence-electron chi connectivity index (χ1n) is 9.59. The molecule has 0 unspecified atom stereocenters. The van der Waals surface area contributed by atoms with Crippen molar-refractivity contribution in [2.75, 3.05) is 44.3 Å². The predicted molar refractivity (Wildman–Crippen MR) is 111 cm³/mol. The lowest BCUT2D eigenvalue weighted by molar-refractivity contribution is 0.0376. The Balaban J connectivity index is 1.56. The molecule has 0 radical (unpaired) electrons. The molecule has 0 atom stereocenters. The molecule has 1 aliphatic rings. The maximum absolute atomic E-state index is 13.3. The van der Waals surface area contributed by atoms with E-state index < -0.39 is 0 Å². The third-order valence-electron chi connectivity index (χ3n) is 5.01. The molecule has 148 valence electrons. The highest BCUT2D eigenvalue weighted by Crippen LogP contribution is 2.30. The molecule has 4 rings (SSSR count). The zero-order chi connectivity index (χ0) is 19.5. The lowest BCUT2D eigenvalue weighted by Gasteiger charge is -2.27. The number of amides is 1. The van der Waals surface area contributed by atoms with Crippen LogP contribution in [-0.2, 0) is 11.8 Å². The Kier molecular flexibility index (Phi) is 5.70. The van der Waals surface area contributed by atoms with E-state index in [0.717, 1.165) is 54.6 Å². The van der Waals surface area contributed by atoms with Gasteiger partial charge in [-0.3, -0.25) is 19.3 Å². The number of rotatable bonds is 6. The van der Waals surface area contributed by atoms with Crippen molar-refractivity contribution in [3.63, 3.8) is 0 Å². The number of nitrogens with zero attached hydrogens (tertiary/aromatic N) is 5. The Bertz CT molecular complexity index is 961. The van der Waals surface area contributed by atoms with Crippen molar-refractivity contribution in [3.8, 4) is 0 Å². The highest BCUT2D eigenvalue weighted by molar-refractivity contribution is 7.22. The van der Waals surface area contributed by atoms with Crippen LogP contribution in [-0.4, -0.2) is 65.0 Å². The number of carbonyl (C=O) groups is 1. The van der Waals surface area contributed by atoms with Gasteiger partial charge < -0.3 is 4.74 Å². The van der Waals surface area contributed by atoms with E-state index in [4.69, 9.17) is 9.72 Å². The quantitative estimate of drug-likeness (QED) is 0.638. The van der Waals surface area contributed by atoms with Crippen LogP contribution in [0.1, 0.15) is 22.5 Å². The van der Waals surface area contributed by atoms with Gasteiger partial charge >= 0.3 is 0 Å². The molecule has 8 heteroatoms. The SMILES string of the molecule is Cc1ccc2nc(N(CCCN3CCOCC3)C(=O)c3ccnn3C)sc2c1. The summed E-state index contributed by atoms with van der Waals surface area (Å²) in [5.74, 6) is -0.0576. The number of fused-ring (bicyclic) bond motifs is 1. The maximum atomic E-state index is 13.3. The van der Waals surface area contributed by atoms with E-state index in [2.05, 4.69) is 29.1 Å². The highest BCUT2D eigenvalue weighted by Gasteiger charge is 2.23. The molecule has 0 bridgehead atoms. The number of hydrogen-bond donors (Lipinski definition) is 0. The second kappa shape index (κ2) is 8.38. The topological polar surface area (TPSA) is 63.5 Å². The molecule has 7 nitrogen and oxygen atoms in total. The molecule has 0 aliphatic carbocycles. The summed E-state index contributed by atoms with van der Waals surface area (Å²) in [5.41, 5.74) is 2.70. The van der Waals surface area contributed by atoms with Crippen molar-refractivity contribution in [1.29, 1.82) is 0 Å². The molecule has 1 aromatic carbocycles. The summed E-state index contributed by atoms with van der Waals surface area (Å²) < 4.78 is 8.14. The number of hydrogen-bond acceptors (Lipinski definition) is 6. The fourth-order valence-corrected chi connectivity index (χ4v) is 4.51. The number of thiazole rings is 1. The van der Waals surface area contributed by atoms with E-state index in [0.29, 0.717) is 12.2 Å². The molecule has 3 aromatic rings. The fraction of sp³-hybridized carbons (Fsp3) is 0.450. The number of aryl methyl sites for hydroxylation is 2. The Labute approximate surface area is 168 Å². The summed E-state index contributed by atoms with van der Waals surface area (Å²) >= 11 is 1.57. The van der Waals surface area contributed by atoms with Gasteiger partial charge in [0, 0.05) is 39.4 Å². The number of anilines is 1. The minimum absolute atomic E-state index is 0.0576. The zero-order valence-corrected chi connectivity index (χ0v) is 17.1. The Morgan fingerprint density at radius 1 is 1.29 bits per heavy atom. The third-order valence-corrected chi connectivity index (χ3v) is 6.05. The standard InChI is InChI=1S/C20H25N5O2S/c1-15-4-5-16-18(14-15)28-20(22-16)25(19(26)17-6-7-21-23(17)2)9-3-8-24-10-12-27-13-11-24/h4-7,14H,3,8-13H2,1-2H3. The van der Waals surface area contributed by atoms with Crippen LogP contribution >= 0.6 is 11.3 Å². The van der Waals surface area contributed by atoms with E-state index in [1.54, 1.807) is 40.2 Å². The normalized spacial score (nSPS) is 15.2. The molecule has 1 aliphatic heterocycles. The summed E-state index contributed by atoms with van der Waals surface area (Å²) in [6, 6.07) is 7.95. The van der Waals surface area contributed by atoms with Gasteiger partial charge in [0.15, 0.2) is 5.13 Å². The molecule has 28 heavy (non-hydrogen) atoms. The van der Waals surface area contributed by atoms with Crippen molar-refractivity contribution in [2.24, 2.45) is 7.05 Å². The number of benzene rings is 1. The number of carbonyl (C=O) groups excluding carboxylic acids is 1. The van der Waals surface area contributed by atoms with Crippen LogP contribution in [0.15, 0.2) is 30.5 Å². The third kappa shape index (κ3) is 4.09. The van der Waals surface area contributed by atoms with Crippen molar-refractivity contribution < 1.29 is 9.53 Å². The monoisotopic (exact) mass is 399 g/mol. The highest BCUT2D eigenvalue weighted by atomic mass is 32.1. The summed E-state index contributed by atoms with van der Waals surface area (Å²) in [7, 11) is 1.79. The van der Waals surface area contributed by atoms with Crippen molar-refractivity contribution in [3.05, 3.63) is 41.7 Å². The zero-order valence-electron chi connectivity index (χ0n) is 16.3.